The van der Waals surface area contributed by atoms with E-state index in [0.29, 0.717) is 40.1 Å². The van der Waals surface area contributed by atoms with Gasteiger partial charge in [-0.3, -0.25) is 4.79 Å². The van der Waals surface area contributed by atoms with Crippen LogP contribution >= 0.6 is 0 Å². The fraction of sp³-hybridized carbons (Fsp3) is 0.217. The third-order valence-electron chi connectivity index (χ3n) is 4.94. The van der Waals surface area contributed by atoms with Gasteiger partial charge in [-0.2, -0.15) is 10.1 Å². The summed E-state index contributed by atoms with van der Waals surface area (Å²) in [7, 11) is 6.23. The van der Waals surface area contributed by atoms with Crippen LogP contribution < -0.4 is 24.5 Å². The first kappa shape index (κ1) is 21.9. The Kier molecular flexibility index (Phi) is 6.25. The van der Waals surface area contributed by atoms with E-state index in [0.717, 1.165) is 5.56 Å². The first-order chi connectivity index (χ1) is 16.1. The minimum Gasteiger partial charge on any atom is -0.493 e. The molecule has 170 valence electrons. The summed E-state index contributed by atoms with van der Waals surface area (Å²) in [5, 5.41) is 8.45. The topological polar surface area (TPSA) is 111 Å². The third-order valence-corrected chi connectivity index (χ3v) is 4.94. The standard InChI is InChI=1S/C23H22N4O6/c1-29-17-8-5-14(11-19(17)31-3)16-7-10-22(28)27(25-16)13-21-24-23(26-33-21)15-6-9-18(30-2)20(12-15)32-4/h5-12H,13H2,1-4H3. The molecule has 2 aromatic heterocycles. The average molecular weight is 450 g/mol. The number of benzene rings is 2. The highest BCUT2D eigenvalue weighted by atomic mass is 16.5. The zero-order valence-corrected chi connectivity index (χ0v) is 18.6. The molecule has 0 saturated heterocycles. The molecule has 0 amide bonds. The molecule has 2 aromatic carbocycles. The van der Waals surface area contributed by atoms with Crippen molar-refractivity contribution in [3.8, 4) is 45.6 Å². The molecule has 0 N–H and O–H groups in total. The molecule has 0 spiro atoms. The normalized spacial score (nSPS) is 10.7. The fourth-order valence-corrected chi connectivity index (χ4v) is 3.25. The van der Waals surface area contributed by atoms with Crippen LogP contribution in [0.5, 0.6) is 23.0 Å². The Morgan fingerprint density at radius 2 is 1.39 bits per heavy atom. The number of aromatic nitrogens is 4. The van der Waals surface area contributed by atoms with Crippen LogP contribution in [0.2, 0.25) is 0 Å². The van der Waals surface area contributed by atoms with Gasteiger partial charge in [-0.15, -0.1) is 0 Å². The SMILES string of the molecule is COc1ccc(-c2ccc(=O)n(Cc3nc(-c4ccc(OC)c(OC)c4)no3)n2)cc1OC. The van der Waals surface area contributed by atoms with E-state index in [1.54, 1.807) is 64.8 Å². The Hall–Kier alpha value is -4.34. The number of nitrogens with zero attached hydrogens (tertiary/aromatic N) is 4. The molecule has 10 heteroatoms. The number of methoxy groups -OCH3 is 4. The lowest BCUT2D eigenvalue weighted by Gasteiger charge is -2.10. The van der Waals surface area contributed by atoms with Crippen molar-refractivity contribution in [2.45, 2.75) is 6.54 Å². The van der Waals surface area contributed by atoms with Crippen molar-refractivity contribution in [3.05, 3.63) is 64.8 Å². The summed E-state index contributed by atoms with van der Waals surface area (Å²) >= 11 is 0. The van der Waals surface area contributed by atoms with Crippen molar-refractivity contribution in [1.82, 2.24) is 19.9 Å². The van der Waals surface area contributed by atoms with E-state index in [-0.39, 0.29) is 18.0 Å². The number of hydrogen-bond acceptors (Lipinski definition) is 9. The Labute approximate surface area is 189 Å². The van der Waals surface area contributed by atoms with Crippen molar-refractivity contribution in [2.24, 2.45) is 0 Å². The first-order valence-electron chi connectivity index (χ1n) is 9.91. The highest BCUT2D eigenvalue weighted by Gasteiger charge is 2.14. The van der Waals surface area contributed by atoms with Crippen LogP contribution in [-0.4, -0.2) is 48.4 Å². The lowest BCUT2D eigenvalue weighted by molar-refractivity contribution is 0.355. The first-order valence-corrected chi connectivity index (χ1v) is 9.91. The molecular formula is C23H22N4O6. The van der Waals surface area contributed by atoms with Crippen LogP contribution in [0.4, 0.5) is 0 Å². The van der Waals surface area contributed by atoms with Gasteiger partial charge in [0.2, 0.25) is 11.7 Å². The van der Waals surface area contributed by atoms with Gasteiger partial charge >= 0.3 is 0 Å². The van der Waals surface area contributed by atoms with Crippen molar-refractivity contribution < 1.29 is 23.5 Å². The Morgan fingerprint density at radius 3 is 2.03 bits per heavy atom. The summed E-state index contributed by atoms with van der Waals surface area (Å²) in [5.74, 6) is 2.89. The van der Waals surface area contributed by atoms with Gasteiger partial charge in [-0.1, -0.05) is 5.16 Å². The van der Waals surface area contributed by atoms with Crippen molar-refractivity contribution in [3.63, 3.8) is 0 Å². The summed E-state index contributed by atoms with van der Waals surface area (Å²) in [6.45, 7) is 0.0141. The van der Waals surface area contributed by atoms with Crippen LogP contribution in [0, 0.1) is 0 Å². The maximum Gasteiger partial charge on any atom is 0.267 e. The van der Waals surface area contributed by atoms with E-state index in [9.17, 15) is 4.79 Å². The van der Waals surface area contributed by atoms with Crippen LogP contribution in [-0.2, 0) is 6.54 Å². The van der Waals surface area contributed by atoms with Gasteiger partial charge in [0.1, 0.15) is 6.54 Å². The molecule has 10 nitrogen and oxygen atoms in total. The molecule has 0 aliphatic carbocycles. The Morgan fingerprint density at radius 1 is 0.788 bits per heavy atom. The second-order valence-electron chi connectivity index (χ2n) is 6.87. The number of ether oxygens (including phenoxy) is 4. The van der Waals surface area contributed by atoms with Crippen LogP contribution in [0.25, 0.3) is 22.6 Å². The minimum absolute atomic E-state index is 0.0141. The smallest absolute Gasteiger partial charge is 0.267 e. The molecule has 0 radical (unpaired) electrons. The van der Waals surface area contributed by atoms with Gasteiger partial charge in [-0.05, 0) is 42.5 Å². The molecule has 33 heavy (non-hydrogen) atoms. The van der Waals surface area contributed by atoms with Gasteiger partial charge in [-0.25, -0.2) is 4.68 Å². The predicted octanol–water partition coefficient (Wildman–Crippen LogP) is 3.04. The van der Waals surface area contributed by atoms with Gasteiger partial charge in [0.05, 0.1) is 34.1 Å². The summed E-state index contributed by atoms with van der Waals surface area (Å²) < 4.78 is 27.8. The average Bonchev–Trinajstić information content (AvgIpc) is 3.33. The van der Waals surface area contributed by atoms with E-state index >= 15 is 0 Å². The molecule has 0 fully saturated rings. The molecule has 0 aliphatic heterocycles. The lowest BCUT2D eigenvalue weighted by Crippen LogP contribution is -2.23. The predicted molar refractivity (Wildman–Crippen MR) is 119 cm³/mol. The van der Waals surface area contributed by atoms with E-state index in [1.807, 2.05) is 6.07 Å². The summed E-state index contributed by atoms with van der Waals surface area (Å²) in [6.07, 6.45) is 0. The zero-order valence-electron chi connectivity index (χ0n) is 18.6. The quantitative estimate of drug-likeness (QED) is 0.400. The molecule has 0 bridgehead atoms. The van der Waals surface area contributed by atoms with Gasteiger partial charge in [0.15, 0.2) is 23.0 Å². The molecule has 0 atom stereocenters. The highest BCUT2D eigenvalue weighted by Crippen LogP contribution is 2.32. The van der Waals surface area contributed by atoms with E-state index in [1.165, 1.54) is 10.7 Å². The Balaban J connectivity index is 1.61. The van der Waals surface area contributed by atoms with Crippen LogP contribution in [0.3, 0.4) is 0 Å². The summed E-state index contributed by atoms with van der Waals surface area (Å²) in [4.78, 5) is 16.8. The van der Waals surface area contributed by atoms with Crippen molar-refractivity contribution in [1.29, 1.82) is 0 Å². The van der Waals surface area contributed by atoms with Crippen LogP contribution in [0.1, 0.15) is 5.89 Å². The van der Waals surface area contributed by atoms with Gasteiger partial charge in [0, 0.05) is 17.2 Å². The molecule has 0 saturated carbocycles. The molecule has 2 heterocycles. The number of rotatable bonds is 8. The minimum atomic E-state index is -0.301. The highest BCUT2D eigenvalue weighted by molar-refractivity contribution is 5.63. The monoisotopic (exact) mass is 450 g/mol. The maximum atomic E-state index is 12.4. The zero-order chi connectivity index (χ0) is 23.4. The molecule has 0 unspecified atom stereocenters. The second-order valence-corrected chi connectivity index (χ2v) is 6.87. The molecule has 4 rings (SSSR count). The molecule has 4 aromatic rings. The van der Waals surface area contributed by atoms with Gasteiger partial charge in [0.25, 0.3) is 5.56 Å². The second kappa shape index (κ2) is 9.43. The lowest BCUT2D eigenvalue weighted by atomic mass is 10.1. The van der Waals surface area contributed by atoms with E-state index in [2.05, 4.69) is 15.2 Å². The molecular weight excluding hydrogens is 428 g/mol. The van der Waals surface area contributed by atoms with E-state index < -0.39 is 0 Å². The summed E-state index contributed by atoms with van der Waals surface area (Å²) in [6, 6.07) is 13.8. The largest absolute Gasteiger partial charge is 0.493 e. The third kappa shape index (κ3) is 4.49. The van der Waals surface area contributed by atoms with E-state index in [4.69, 9.17) is 23.5 Å². The molecule has 0 aliphatic rings. The fourth-order valence-electron chi connectivity index (χ4n) is 3.25. The van der Waals surface area contributed by atoms with Gasteiger partial charge < -0.3 is 23.5 Å². The van der Waals surface area contributed by atoms with Crippen molar-refractivity contribution >= 4 is 0 Å². The van der Waals surface area contributed by atoms with Crippen molar-refractivity contribution in [2.75, 3.05) is 28.4 Å². The maximum absolute atomic E-state index is 12.4. The number of hydrogen-bond donors (Lipinski definition) is 0. The summed E-state index contributed by atoms with van der Waals surface area (Å²) in [5.41, 5.74) is 1.72. The van der Waals surface area contributed by atoms with Crippen LogP contribution in [0.15, 0.2) is 57.8 Å². The Bertz CT molecular complexity index is 1330.